The van der Waals surface area contributed by atoms with Crippen LogP contribution < -0.4 is 15.0 Å². The van der Waals surface area contributed by atoms with Crippen LogP contribution in [0.2, 0.25) is 0 Å². The van der Waals surface area contributed by atoms with Crippen LogP contribution in [0.25, 0.3) is 5.69 Å². The average molecular weight is 490 g/mol. The number of aromatic nitrogens is 2. The molecule has 1 amide bonds. The third kappa shape index (κ3) is 6.26. The molecule has 7 nitrogen and oxygen atoms in total. The molecule has 2 aromatic carbocycles. The summed E-state index contributed by atoms with van der Waals surface area (Å²) >= 11 is 0. The number of rotatable bonds is 9. The molecule has 0 spiro atoms. The maximum atomic E-state index is 12.7. The fourth-order valence-electron chi connectivity index (χ4n) is 4.75. The minimum atomic E-state index is 0.0413. The van der Waals surface area contributed by atoms with E-state index in [4.69, 9.17) is 9.84 Å². The standard InChI is InChI=1S/C29H39N5O2/c1-21(2)17-26-18-24(31-34(26)25-9-11-27(36-5)12-10-25)19-30-29(35)20-32-13-15-33(16-14-32)28-8-6-7-22(3)23(28)4/h6-12,18,21H,13-17,19-20H2,1-5H3,(H,30,35). The van der Waals surface area contributed by atoms with Gasteiger partial charge in [0.15, 0.2) is 0 Å². The van der Waals surface area contributed by atoms with E-state index in [-0.39, 0.29) is 5.91 Å². The minimum Gasteiger partial charge on any atom is -0.497 e. The molecule has 0 radical (unpaired) electrons. The lowest BCUT2D eigenvalue weighted by atomic mass is 10.1. The topological polar surface area (TPSA) is 62.6 Å². The van der Waals surface area contributed by atoms with Gasteiger partial charge in [0.25, 0.3) is 0 Å². The number of anilines is 1. The zero-order valence-electron chi connectivity index (χ0n) is 22.3. The van der Waals surface area contributed by atoms with Crippen molar-refractivity contribution in [2.24, 2.45) is 5.92 Å². The molecule has 1 saturated heterocycles. The van der Waals surface area contributed by atoms with E-state index in [1.54, 1.807) is 7.11 Å². The summed E-state index contributed by atoms with van der Waals surface area (Å²) in [6, 6.07) is 16.5. The molecule has 1 aliphatic rings. The van der Waals surface area contributed by atoms with Gasteiger partial charge >= 0.3 is 0 Å². The number of hydrogen-bond acceptors (Lipinski definition) is 5. The van der Waals surface area contributed by atoms with Crippen LogP contribution in [0.1, 0.15) is 36.4 Å². The zero-order valence-corrected chi connectivity index (χ0v) is 22.3. The number of nitrogens with one attached hydrogen (secondary N) is 1. The van der Waals surface area contributed by atoms with Gasteiger partial charge in [-0.05, 0) is 73.7 Å². The Balaban J connectivity index is 1.32. The maximum absolute atomic E-state index is 12.7. The molecule has 1 fully saturated rings. The number of piperazine rings is 1. The van der Waals surface area contributed by atoms with Gasteiger partial charge < -0.3 is 15.0 Å². The van der Waals surface area contributed by atoms with Crippen LogP contribution in [0.4, 0.5) is 5.69 Å². The summed E-state index contributed by atoms with van der Waals surface area (Å²) in [6.45, 7) is 13.2. The van der Waals surface area contributed by atoms with Crippen molar-refractivity contribution in [2.45, 2.75) is 40.7 Å². The summed E-state index contributed by atoms with van der Waals surface area (Å²) in [6.07, 6.45) is 0.914. The highest BCUT2D eigenvalue weighted by atomic mass is 16.5. The monoisotopic (exact) mass is 489 g/mol. The highest BCUT2D eigenvalue weighted by molar-refractivity contribution is 5.78. The number of carbonyl (C=O) groups excluding carboxylic acids is 1. The van der Waals surface area contributed by atoms with Crippen molar-refractivity contribution in [3.05, 3.63) is 71.0 Å². The van der Waals surface area contributed by atoms with Gasteiger partial charge in [0.2, 0.25) is 5.91 Å². The van der Waals surface area contributed by atoms with Gasteiger partial charge in [-0.2, -0.15) is 5.10 Å². The lowest BCUT2D eigenvalue weighted by Crippen LogP contribution is -2.49. The lowest BCUT2D eigenvalue weighted by molar-refractivity contribution is -0.122. The highest BCUT2D eigenvalue weighted by Crippen LogP contribution is 2.24. The molecule has 192 valence electrons. The first-order valence-corrected chi connectivity index (χ1v) is 12.9. The average Bonchev–Trinajstić information content (AvgIpc) is 3.27. The van der Waals surface area contributed by atoms with Crippen molar-refractivity contribution >= 4 is 11.6 Å². The number of nitrogens with zero attached hydrogens (tertiary/aromatic N) is 4. The molecule has 0 saturated carbocycles. The van der Waals surface area contributed by atoms with Crippen LogP contribution in [0.15, 0.2) is 48.5 Å². The Morgan fingerprint density at radius 1 is 1.06 bits per heavy atom. The van der Waals surface area contributed by atoms with Crippen molar-refractivity contribution < 1.29 is 9.53 Å². The molecule has 0 aliphatic carbocycles. The van der Waals surface area contributed by atoms with E-state index in [9.17, 15) is 4.79 Å². The lowest BCUT2D eigenvalue weighted by Gasteiger charge is -2.36. The number of hydrogen-bond donors (Lipinski definition) is 1. The molecule has 1 N–H and O–H groups in total. The number of ether oxygens (including phenoxy) is 1. The van der Waals surface area contributed by atoms with Crippen molar-refractivity contribution in [1.29, 1.82) is 0 Å². The summed E-state index contributed by atoms with van der Waals surface area (Å²) in [5.74, 6) is 1.36. The van der Waals surface area contributed by atoms with Crippen LogP contribution in [-0.2, 0) is 17.8 Å². The Morgan fingerprint density at radius 3 is 2.44 bits per heavy atom. The number of amides is 1. The number of carbonyl (C=O) groups is 1. The fourth-order valence-corrected chi connectivity index (χ4v) is 4.75. The summed E-state index contributed by atoms with van der Waals surface area (Å²) in [4.78, 5) is 17.4. The maximum Gasteiger partial charge on any atom is 0.234 e. The summed E-state index contributed by atoms with van der Waals surface area (Å²) < 4.78 is 7.27. The van der Waals surface area contributed by atoms with Crippen molar-refractivity contribution in [2.75, 3.05) is 44.7 Å². The molecular formula is C29H39N5O2. The first kappa shape index (κ1) is 25.8. The Bertz CT molecular complexity index is 1160. The fraction of sp³-hybridized carbons (Fsp3) is 0.448. The first-order valence-electron chi connectivity index (χ1n) is 12.9. The molecule has 0 atom stereocenters. The Labute approximate surface area is 215 Å². The Hall–Kier alpha value is -3.32. The van der Waals surface area contributed by atoms with E-state index < -0.39 is 0 Å². The number of methoxy groups -OCH3 is 1. The van der Waals surface area contributed by atoms with Crippen LogP contribution in [0.3, 0.4) is 0 Å². The molecule has 1 aliphatic heterocycles. The summed E-state index contributed by atoms with van der Waals surface area (Å²) in [7, 11) is 1.67. The molecule has 3 aromatic rings. The predicted octanol–water partition coefficient (Wildman–Crippen LogP) is 4.13. The number of benzene rings is 2. The SMILES string of the molecule is COc1ccc(-n2nc(CNC(=O)CN3CCN(c4cccc(C)c4C)CC3)cc2CC(C)C)cc1. The van der Waals surface area contributed by atoms with Crippen LogP contribution in [0.5, 0.6) is 5.75 Å². The van der Waals surface area contributed by atoms with E-state index in [1.807, 2.05) is 28.9 Å². The van der Waals surface area contributed by atoms with E-state index in [2.05, 4.69) is 67.1 Å². The van der Waals surface area contributed by atoms with Crippen molar-refractivity contribution in [1.82, 2.24) is 20.0 Å². The minimum absolute atomic E-state index is 0.0413. The van der Waals surface area contributed by atoms with Gasteiger partial charge in [-0.15, -0.1) is 0 Å². The molecule has 4 rings (SSSR count). The van der Waals surface area contributed by atoms with E-state index in [0.717, 1.165) is 55.4 Å². The quantitative estimate of drug-likeness (QED) is 0.490. The smallest absolute Gasteiger partial charge is 0.234 e. The second-order valence-corrected chi connectivity index (χ2v) is 10.1. The van der Waals surface area contributed by atoms with Crippen LogP contribution in [0, 0.1) is 19.8 Å². The van der Waals surface area contributed by atoms with Crippen LogP contribution >= 0.6 is 0 Å². The third-order valence-corrected chi connectivity index (χ3v) is 6.89. The number of aryl methyl sites for hydroxylation is 1. The molecule has 7 heteroatoms. The predicted molar refractivity (Wildman–Crippen MR) is 145 cm³/mol. The zero-order chi connectivity index (χ0) is 25.7. The Kier molecular flexibility index (Phi) is 8.31. The van der Waals surface area contributed by atoms with E-state index in [1.165, 1.54) is 16.8 Å². The molecule has 2 heterocycles. The van der Waals surface area contributed by atoms with Gasteiger partial charge in [0.05, 0.1) is 31.6 Å². The van der Waals surface area contributed by atoms with Crippen LogP contribution in [-0.4, -0.2) is 60.4 Å². The van der Waals surface area contributed by atoms with E-state index in [0.29, 0.717) is 19.0 Å². The van der Waals surface area contributed by atoms with Gasteiger partial charge in [0.1, 0.15) is 5.75 Å². The van der Waals surface area contributed by atoms with Gasteiger partial charge in [-0.1, -0.05) is 26.0 Å². The molecule has 36 heavy (non-hydrogen) atoms. The summed E-state index contributed by atoms with van der Waals surface area (Å²) in [5, 5.41) is 7.89. The highest BCUT2D eigenvalue weighted by Gasteiger charge is 2.21. The first-order chi connectivity index (χ1) is 17.3. The van der Waals surface area contributed by atoms with Crippen molar-refractivity contribution in [3.8, 4) is 11.4 Å². The molecule has 0 unspecified atom stereocenters. The second kappa shape index (κ2) is 11.6. The van der Waals surface area contributed by atoms with Gasteiger partial charge in [-0.25, -0.2) is 4.68 Å². The molecule has 1 aromatic heterocycles. The molecule has 0 bridgehead atoms. The third-order valence-electron chi connectivity index (χ3n) is 6.89. The molecular weight excluding hydrogens is 450 g/mol. The van der Waals surface area contributed by atoms with E-state index >= 15 is 0 Å². The second-order valence-electron chi connectivity index (χ2n) is 10.1. The van der Waals surface area contributed by atoms with Gasteiger partial charge in [-0.3, -0.25) is 9.69 Å². The van der Waals surface area contributed by atoms with Gasteiger partial charge in [0, 0.05) is 37.6 Å². The van der Waals surface area contributed by atoms with Crippen molar-refractivity contribution in [3.63, 3.8) is 0 Å². The summed E-state index contributed by atoms with van der Waals surface area (Å²) in [5.41, 5.74) is 6.97. The Morgan fingerprint density at radius 2 is 1.78 bits per heavy atom. The normalized spacial score (nSPS) is 14.3. The largest absolute Gasteiger partial charge is 0.497 e.